The highest BCUT2D eigenvalue weighted by Crippen LogP contribution is 2.35. The summed E-state index contributed by atoms with van der Waals surface area (Å²) in [5.74, 6) is -1.90. The van der Waals surface area contributed by atoms with E-state index in [1.165, 1.54) is 31.4 Å². The summed E-state index contributed by atoms with van der Waals surface area (Å²) in [6, 6.07) is 10.4. The van der Waals surface area contributed by atoms with Crippen LogP contribution in [0.3, 0.4) is 0 Å². The topological polar surface area (TPSA) is 122 Å². The molecule has 34 heavy (non-hydrogen) atoms. The number of methoxy groups -OCH3 is 1. The number of halogens is 1. The van der Waals surface area contributed by atoms with E-state index in [4.69, 9.17) is 16.3 Å². The van der Waals surface area contributed by atoms with E-state index in [2.05, 4.69) is 10.0 Å². The Labute approximate surface area is 201 Å². The van der Waals surface area contributed by atoms with Crippen LogP contribution >= 0.6 is 11.6 Å². The van der Waals surface area contributed by atoms with Gasteiger partial charge in [0.1, 0.15) is 17.2 Å². The number of carbonyl (C=O) groups is 3. The summed E-state index contributed by atoms with van der Waals surface area (Å²) in [6.07, 6.45) is 4.69. The van der Waals surface area contributed by atoms with Crippen LogP contribution in [0.25, 0.3) is 0 Å². The molecule has 1 fully saturated rings. The number of rotatable bonds is 7. The highest BCUT2D eigenvalue weighted by atomic mass is 35.5. The highest BCUT2D eigenvalue weighted by molar-refractivity contribution is 7.92. The van der Waals surface area contributed by atoms with Gasteiger partial charge in [0.15, 0.2) is 0 Å². The summed E-state index contributed by atoms with van der Waals surface area (Å²) in [7, 11) is -2.71. The molecule has 1 aliphatic carbocycles. The van der Waals surface area contributed by atoms with Gasteiger partial charge in [0.25, 0.3) is 10.0 Å². The molecule has 2 aliphatic rings. The van der Waals surface area contributed by atoms with Gasteiger partial charge in [0, 0.05) is 5.69 Å². The van der Waals surface area contributed by atoms with Gasteiger partial charge in [0.05, 0.1) is 29.7 Å². The van der Waals surface area contributed by atoms with Crippen LogP contribution in [0.15, 0.2) is 59.5 Å². The Morgan fingerprint density at radius 3 is 2.38 bits per heavy atom. The van der Waals surface area contributed by atoms with E-state index in [1.807, 2.05) is 12.2 Å². The molecule has 4 rings (SSSR count). The number of fused-ring (bicyclic) bond motifs is 1. The molecule has 3 amide bonds. The van der Waals surface area contributed by atoms with Crippen molar-refractivity contribution in [3.63, 3.8) is 0 Å². The van der Waals surface area contributed by atoms with E-state index in [1.54, 1.807) is 18.2 Å². The SMILES string of the molecule is COc1ccccc1NS(=O)(=O)c1cc(NC(=O)CN2C(=O)[C@@H]3CC=CC[C@H]3C2=O)ccc1Cl. The lowest BCUT2D eigenvalue weighted by Gasteiger charge is -2.16. The molecule has 0 unspecified atom stereocenters. The Morgan fingerprint density at radius 1 is 1.09 bits per heavy atom. The van der Waals surface area contributed by atoms with E-state index in [0.29, 0.717) is 18.6 Å². The Kier molecular flexibility index (Phi) is 6.63. The first-order valence-corrected chi connectivity index (χ1v) is 12.3. The van der Waals surface area contributed by atoms with Crippen molar-refractivity contribution >= 4 is 50.7 Å². The van der Waals surface area contributed by atoms with Gasteiger partial charge in [-0.15, -0.1) is 0 Å². The fraction of sp³-hybridized carbons (Fsp3) is 0.261. The van der Waals surface area contributed by atoms with Crippen LogP contribution in [0.4, 0.5) is 11.4 Å². The first-order valence-electron chi connectivity index (χ1n) is 10.5. The number of hydrogen-bond acceptors (Lipinski definition) is 6. The second-order valence-corrected chi connectivity index (χ2v) is 9.98. The van der Waals surface area contributed by atoms with Crippen LogP contribution in [0.1, 0.15) is 12.8 Å². The van der Waals surface area contributed by atoms with E-state index >= 15 is 0 Å². The first-order chi connectivity index (χ1) is 16.2. The van der Waals surface area contributed by atoms with Crippen LogP contribution in [-0.4, -0.2) is 44.7 Å². The summed E-state index contributed by atoms with van der Waals surface area (Å²) in [4.78, 5) is 38.4. The average molecular weight is 504 g/mol. The van der Waals surface area contributed by atoms with Crippen molar-refractivity contribution < 1.29 is 27.5 Å². The van der Waals surface area contributed by atoms with Gasteiger partial charge in [-0.3, -0.25) is 24.0 Å². The van der Waals surface area contributed by atoms with Crippen molar-refractivity contribution in [3.8, 4) is 5.75 Å². The molecule has 1 aliphatic heterocycles. The molecule has 0 spiro atoms. The number of imide groups is 1. The normalized spacial score (nSPS) is 19.6. The maximum Gasteiger partial charge on any atom is 0.263 e. The molecule has 2 aromatic carbocycles. The number of carbonyl (C=O) groups excluding carboxylic acids is 3. The number of nitrogens with one attached hydrogen (secondary N) is 2. The third-order valence-electron chi connectivity index (χ3n) is 5.76. The molecule has 1 heterocycles. The summed E-state index contributed by atoms with van der Waals surface area (Å²) >= 11 is 6.14. The lowest BCUT2D eigenvalue weighted by molar-refractivity contribution is -0.142. The van der Waals surface area contributed by atoms with Gasteiger partial charge < -0.3 is 10.1 Å². The molecular formula is C23H22ClN3O6S. The standard InChI is InChI=1S/C23H22ClN3O6S/c1-33-19-9-5-4-8-18(19)26-34(31,32)20-12-14(10-11-17(20)24)25-21(28)13-27-22(29)15-6-2-3-7-16(15)23(27)30/h2-5,8-12,15-16,26H,6-7,13H2,1H3,(H,25,28)/t15-,16-/m1/s1. The van der Waals surface area contributed by atoms with E-state index in [0.717, 1.165) is 4.90 Å². The van der Waals surface area contributed by atoms with Crippen LogP contribution in [0.2, 0.25) is 5.02 Å². The maximum atomic E-state index is 13.0. The van der Waals surface area contributed by atoms with Gasteiger partial charge in [-0.05, 0) is 43.2 Å². The van der Waals surface area contributed by atoms with Gasteiger partial charge >= 0.3 is 0 Å². The van der Waals surface area contributed by atoms with Gasteiger partial charge in [-0.2, -0.15) is 0 Å². The van der Waals surface area contributed by atoms with E-state index in [9.17, 15) is 22.8 Å². The zero-order valence-electron chi connectivity index (χ0n) is 18.2. The number of benzene rings is 2. The molecule has 2 atom stereocenters. The molecular weight excluding hydrogens is 482 g/mol. The predicted molar refractivity (Wildman–Crippen MR) is 126 cm³/mol. The number of hydrogen-bond donors (Lipinski definition) is 2. The fourth-order valence-electron chi connectivity index (χ4n) is 4.08. The number of sulfonamides is 1. The lowest BCUT2D eigenvalue weighted by atomic mass is 9.85. The summed E-state index contributed by atoms with van der Waals surface area (Å²) in [6.45, 7) is -0.450. The zero-order valence-corrected chi connectivity index (χ0v) is 19.7. The van der Waals surface area contributed by atoms with Crippen molar-refractivity contribution in [2.24, 2.45) is 11.8 Å². The van der Waals surface area contributed by atoms with Gasteiger partial charge in [0.2, 0.25) is 17.7 Å². The summed E-state index contributed by atoms with van der Waals surface area (Å²) in [5.41, 5.74) is 0.366. The second-order valence-electron chi connectivity index (χ2n) is 7.92. The van der Waals surface area contributed by atoms with Crippen molar-refractivity contribution in [1.29, 1.82) is 0 Å². The Balaban J connectivity index is 1.49. The van der Waals surface area contributed by atoms with Crippen LogP contribution in [0, 0.1) is 11.8 Å². The van der Waals surface area contributed by atoms with Crippen LogP contribution in [-0.2, 0) is 24.4 Å². The molecule has 2 N–H and O–H groups in total. The van der Waals surface area contributed by atoms with Gasteiger partial charge in [-0.1, -0.05) is 35.9 Å². The minimum Gasteiger partial charge on any atom is -0.495 e. The third kappa shape index (κ3) is 4.64. The maximum absolute atomic E-state index is 13.0. The van der Waals surface area contributed by atoms with Crippen molar-refractivity contribution in [2.45, 2.75) is 17.7 Å². The molecule has 11 heteroatoms. The molecule has 0 radical (unpaired) electrons. The minimum atomic E-state index is -4.13. The number of para-hydroxylation sites is 2. The zero-order chi connectivity index (χ0) is 24.5. The monoisotopic (exact) mass is 503 g/mol. The fourth-order valence-corrected chi connectivity index (χ4v) is 5.68. The average Bonchev–Trinajstić information content (AvgIpc) is 3.05. The Morgan fingerprint density at radius 2 is 1.74 bits per heavy atom. The number of ether oxygens (including phenoxy) is 1. The first kappa shape index (κ1) is 23.8. The largest absolute Gasteiger partial charge is 0.495 e. The number of amides is 3. The van der Waals surface area contributed by atoms with Crippen molar-refractivity contribution in [2.75, 3.05) is 23.7 Å². The molecule has 178 valence electrons. The number of likely N-dealkylation sites (tertiary alicyclic amines) is 1. The predicted octanol–water partition coefficient (Wildman–Crippen LogP) is 3.04. The molecule has 0 aromatic heterocycles. The number of nitrogens with zero attached hydrogens (tertiary/aromatic N) is 1. The number of anilines is 2. The molecule has 2 aromatic rings. The van der Waals surface area contributed by atoms with E-state index < -0.39 is 34.3 Å². The molecule has 9 nitrogen and oxygen atoms in total. The van der Waals surface area contributed by atoms with Crippen molar-refractivity contribution in [1.82, 2.24) is 4.90 Å². The highest BCUT2D eigenvalue weighted by Gasteiger charge is 2.47. The van der Waals surface area contributed by atoms with Crippen LogP contribution < -0.4 is 14.8 Å². The summed E-state index contributed by atoms with van der Waals surface area (Å²) < 4.78 is 33.5. The Hall–Kier alpha value is -3.37. The Bertz CT molecular complexity index is 1270. The summed E-state index contributed by atoms with van der Waals surface area (Å²) in [5, 5.41) is 2.49. The minimum absolute atomic E-state index is 0.0538. The number of allylic oxidation sites excluding steroid dienone is 2. The van der Waals surface area contributed by atoms with Gasteiger partial charge in [-0.25, -0.2) is 8.42 Å². The van der Waals surface area contributed by atoms with Crippen molar-refractivity contribution in [3.05, 3.63) is 59.6 Å². The molecule has 0 bridgehead atoms. The third-order valence-corrected chi connectivity index (χ3v) is 7.60. The van der Waals surface area contributed by atoms with Crippen LogP contribution in [0.5, 0.6) is 5.75 Å². The smallest absolute Gasteiger partial charge is 0.263 e. The van der Waals surface area contributed by atoms with E-state index in [-0.39, 0.29) is 33.1 Å². The molecule has 0 saturated carbocycles. The molecule has 1 saturated heterocycles. The lowest BCUT2D eigenvalue weighted by Crippen LogP contribution is -2.38. The quantitative estimate of drug-likeness (QED) is 0.442. The second kappa shape index (κ2) is 9.47.